The predicted octanol–water partition coefficient (Wildman–Crippen LogP) is 3.72. The molecule has 0 aliphatic carbocycles. The summed E-state index contributed by atoms with van der Waals surface area (Å²) in [5, 5.41) is 8.86. The van der Waals surface area contributed by atoms with Crippen LogP contribution in [0, 0.1) is 0 Å². The van der Waals surface area contributed by atoms with Crippen LogP contribution in [0.2, 0.25) is 0 Å². The first-order valence-electron chi connectivity index (χ1n) is 5.10. The summed E-state index contributed by atoms with van der Waals surface area (Å²) in [6.07, 6.45) is 0. The van der Waals surface area contributed by atoms with Crippen molar-refractivity contribution in [3.63, 3.8) is 0 Å². The molecule has 0 aliphatic heterocycles. The number of hydrogen-bond acceptors (Lipinski definition) is 3. The van der Waals surface area contributed by atoms with Crippen LogP contribution in [0.3, 0.4) is 0 Å². The standard InChI is InChI=1S/C11H11Br2N3S/c12-6-9(13)7-17-11-14-10(15-16-11)8-4-2-1-3-5-8/h1-5,9H,6-7H2,(H,14,15,16). The fourth-order valence-corrected chi connectivity index (χ4v) is 2.89. The minimum Gasteiger partial charge on any atom is -0.258 e. The molecule has 0 amide bonds. The third-order valence-corrected chi connectivity index (χ3v) is 5.81. The van der Waals surface area contributed by atoms with Gasteiger partial charge in [-0.05, 0) is 0 Å². The largest absolute Gasteiger partial charge is 0.258 e. The highest BCUT2D eigenvalue weighted by Gasteiger charge is 2.08. The molecule has 0 aliphatic rings. The van der Waals surface area contributed by atoms with Crippen LogP contribution in [-0.4, -0.2) is 31.1 Å². The second-order valence-corrected chi connectivity index (χ2v) is 6.32. The Morgan fingerprint density at radius 3 is 2.76 bits per heavy atom. The van der Waals surface area contributed by atoms with Gasteiger partial charge in [-0.1, -0.05) is 74.0 Å². The summed E-state index contributed by atoms with van der Waals surface area (Å²) < 4.78 is 0. The molecule has 3 nitrogen and oxygen atoms in total. The lowest BCUT2D eigenvalue weighted by Crippen LogP contribution is -2.02. The lowest BCUT2D eigenvalue weighted by molar-refractivity contribution is 0.971. The molecular formula is C11H11Br2N3S. The van der Waals surface area contributed by atoms with Crippen molar-refractivity contribution < 1.29 is 0 Å². The number of rotatable bonds is 5. The number of H-pyrrole nitrogens is 1. The third-order valence-electron chi connectivity index (χ3n) is 2.07. The van der Waals surface area contributed by atoms with Crippen LogP contribution in [0.5, 0.6) is 0 Å². The molecule has 0 saturated carbocycles. The van der Waals surface area contributed by atoms with Crippen molar-refractivity contribution >= 4 is 43.6 Å². The average Bonchev–Trinajstić information content (AvgIpc) is 2.86. The number of hydrogen-bond donors (Lipinski definition) is 1. The molecule has 90 valence electrons. The van der Waals surface area contributed by atoms with E-state index in [0.717, 1.165) is 27.6 Å². The summed E-state index contributed by atoms with van der Waals surface area (Å²) in [7, 11) is 0. The monoisotopic (exact) mass is 375 g/mol. The molecule has 0 bridgehead atoms. The average molecular weight is 377 g/mol. The maximum atomic E-state index is 4.45. The Morgan fingerprint density at radius 2 is 2.06 bits per heavy atom. The topological polar surface area (TPSA) is 41.6 Å². The molecule has 0 radical (unpaired) electrons. The molecule has 2 rings (SSSR count). The number of benzene rings is 1. The Balaban J connectivity index is 2.01. The Labute approximate surface area is 121 Å². The lowest BCUT2D eigenvalue weighted by atomic mass is 10.2. The van der Waals surface area contributed by atoms with Crippen LogP contribution in [0.15, 0.2) is 35.5 Å². The van der Waals surface area contributed by atoms with Gasteiger partial charge in [-0.3, -0.25) is 5.10 Å². The van der Waals surface area contributed by atoms with Crippen LogP contribution in [0.25, 0.3) is 11.4 Å². The van der Waals surface area contributed by atoms with Gasteiger partial charge in [0.2, 0.25) is 5.16 Å². The van der Waals surface area contributed by atoms with Gasteiger partial charge in [-0.2, -0.15) is 0 Å². The van der Waals surface area contributed by atoms with Crippen molar-refractivity contribution in [3.05, 3.63) is 30.3 Å². The Bertz CT molecular complexity index is 461. The fraction of sp³-hybridized carbons (Fsp3) is 0.273. The van der Waals surface area contributed by atoms with Crippen molar-refractivity contribution in [2.75, 3.05) is 11.1 Å². The fourth-order valence-electron chi connectivity index (χ4n) is 1.25. The van der Waals surface area contributed by atoms with Gasteiger partial charge in [-0.15, -0.1) is 5.10 Å². The molecule has 17 heavy (non-hydrogen) atoms. The number of nitrogens with zero attached hydrogens (tertiary/aromatic N) is 2. The molecule has 6 heteroatoms. The van der Waals surface area contributed by atoms with Gasteiger partial charge in [-0.25, -0.2) is 4.98 Å². The van der Waals surface area contributed by atoms with E-state index in [0.29, 0.717) is 4.83 Å². The van der Waals surface area contributed by atoms with Crippen molar-refractivity contribution in [1.29, 1.82) is 0 Å². The smallest absolute Gasteiger partial charge is 0.208 e. The normalized spacial score (nSPS) is 12.6. The van der Waals surface area contributed by atoms with E-state index in [-0.39, 0.29) is 0 Å². The van der Waals surface area contributed by atoms with E-state index >= 15 is 0 Å². The highest BCUT2D eigenvalue weighted by atomic mass is 79.9. The maximum Gasteiger partial charge on any atom is 0.208 e. The second kappa shape index (κ2) is 6.56. The number of alkyl halides is 2. The van der Waals surface area contributed by atoms with E-state index in [1.165, 1.54) is 0 Å². The van der Waals surface area contributed by atoms with Crippen molar-refractivity contribution in [2.45, 2.75) is 9.98 Å². The minimum atomic E-state index is 0.436. The van der Waals surface area contributed by atoms with Crippen LogP contribution in [0.4, 0.5) is 0 Å². The summed E-state index contributed by atoms with van der Waals surface area (Å²) in [5.41, 5.74) is 1.06. The molecule has 0 saturated heterocycles. The molecule has 1 heterocycles. The zero-order valence-electron chi connectivity index (χ0n) is 8.94. The predicted molar refractivity (Wildman–Crippen MR) is 79.1 cm³/mol. The van der Waals surface area contributed by atoms with E-state index < -0.39 is 0 Å². The Morgan fingerprint density at radius 1 is 1.29 bits per heavy atom. The Hall–Kier alpha value is -0.330. The first-order chi connectivity index (χ1) is 8.29. The number of nitrogens with one attached hydrogen (secondary N) is 1. The van der Waals surface area contributed by atoms with Gasteiger partial charge < -0.3 is 0 Å². The van der Waals surface area contributed by atoms with Gasteiger partial charge in [0.05, 0.1) is 0 Å². The first-order valence-corrected chi connectivity index (χ1v) is 8.12. The summed E-state index contributed by atoms with van der Waals surface area (Å²) in [6.45, 7) is 0. The van der Waals surface area contributed by atoms with Gasteiger partial charge in [0.25, 0.3) is 0 Å². The van der Waals surface area contributed by atoms with Crippen molar-refractivity contribution in [3.8, 4) is 11.4 Å². The summed E-state index contributed by atoms with van der Waals surface area (Å²) >= 11 is 8.61. The molecular weight excluding hydrogens is 366 g/mol. The maximum absolute atomic E-state index is 4.45. The minimum absolute atomic E-state index is 0.436. The van der Waals surface area contributed by atoms with Crippen molar-refractivity contribution in [2.24, 2.45) is 0 Å². The van der Waals surface area contributed by atoms with E-state index in [2.05, 4.69) is 47.0 Å². The van der Waals surface area contributed by atoms with Crippen LogP contribution in [-0.2, 0) is 0 Å². The summed E-state index contributed by atoms with van der Waals surface area (Å²) in [6, 6.07) is 10.00. The lowest BCUT2D eigenvalue weighted by Gasteiger charge is -2.01. The quantitative estimate of drug-likeness (QED) is 0.638. The molecule has 1 atom stereocenters. The van der Waals surface area contributed by atoms with Gasteiger partial charge in [0.1, 0.15) is 0 Å². The number of halogens is 2. The summed E-state index contributed by atoms with van der Waals surface area (Å²) in [5.74, 6) is 1.76. The molecule has 1 unspecified atom stereocenters. The van der Waals surface area contributed by atoms with E-state index in [1.54, 1.807) is 11.8 Å². The second-order valence-electron chi connectivity index (χ2n) is 3.40. The van der Waals surface area contributed by atoms with Crippen LogP contribution >= 0.6 is 43.6 Å². The molecule has 1 aromatic heterocycles. The van der Waals surface area contributed by atoms with Crippen LogP contribution in [0.1, 0.15) is 0 Å². The molecule has 2 aromatic rings. The highest BCUT2D eigenvalue weighted by molar-refractivity contribution is 9.12. The number of aromatic nitrogens is 3. The van der Waals surface area contributed by atoms with E-state index in [1.807, 2.05) is 30.3 Å². The number of thioether (sulfide) groups is 1. The molecule has 0 fully saturated rings. The molecule has 1 aromatic carbocycles. The van der Waals surface area contributed by atoms with E-state index in [4.69, 9.17) is 0 Å². The van der Waals surface area contributed by atoms with Gasteiger partial charge >= 0.3 is 0 Å². The highest BCUT2D eigenvalue weighted by Crippen LogP contribution is 2.21. The van der Waals surface area contributed by atoms with Gasteiger partial charge in [0, 0.05) is 21.5 Å². The summed E-state index contributed by atoms with van der Waals surface area (Å²) in [4.78, 5) is 4.88. The Kier molecular flexibility index (Phi) is 5.06. The zero-order valence-corrected chi connectivity index (χ0v) is 12.9. The zero-order chi connectivity index (χ0) is 12.1. The molecule has 0 spiro atoms. The van der Waals surface area contributed by atoms with Crippen molar-refractivity contribution in [1.82, 2.24) is 15.2 Å². The molecule has 1 N–H and O–H groups in total. The number of aromatic amines is 1. The van der Waals surface area contributed by atoms with Gasteiger partial charge in [0.15, 0.2) is 5.82 Å². The first kappa shape index (κ1) is 13.1. The van der Waals surface area contributed by atoms with E-state index in [9.17, 15) is 0 Å². The van der Waals surface area contributed by atoms with Crippen LogP contribution < -0.4 is 0 Å². The SMILES string of the molecule is BrCC(Br)CSc1n[nH]c(-c2ccccc2)n1. The third kappa shape index (κ3) is 3.82.